The molecular formula is C19H21NO. The van der Waals surface area contributed by atoms with Crippen molar-refractivity contribution in [1.82, 2.24) is 4.90 Å². The first-order valence-corrected chi connectivity index (χ1v) is 7.69. The molecule has 2 aromatic carbocycles. The summed E-state index contributed by atoms with van der Waals surface area (Å²) >= 11 is 0. The van der Waals surface area contributed by atoms with Crippen molar-refractivity contribution >= 4 is 22.8 Å². The molecule has 1 amide bonds. The highest BCUT2D eigenvalue weighted by Gasteiger charge is 2.18. The van der Waals surface area contributed by atoms with Crippen LogP contribution in [0.1, 0.15) is 25.3 Å². The largest absolute Gasteiger partial charge is 0.339 e. The Bertz CT molecular complexity index is 661. The highest BCUT2D eigenvalue weighted by atomic mass is 16.2. The van der Waals surface area contributed by atoms with Gasteiger partial charge in [-0.1, -0.05) is 49.4 Å². The van der Waals surface area contributed by atoms with E-state index in [1.807, 2.05) is 29.2 Å². The second-order valence-corrected chi connectivity index (χ2v) is 5.91. The van der Waals surface area contributed by atoms with Crippen molar-refractivity contribution in [3.63, 3.8) is 0 Å². The van der Waals surface area contributed by atoms with E-state index in [2.05, 4.69) is 31.2 Å². The molecule has 0 aliphatic carbocycles. The number of nitrogens with zero attached hydrogens (tertiary/aromatic N) is 1. The predicted molar refractivity (Wildman–Crippen MR) is 88.0 cm³/mol. The lowest BCUT2D eigenvalue weighted by molar-refractivity contribution is -0.127. The molecule has 0 aromatic heterocycles. The van der Waals surface area contributed by atoms with E-state index in [9.17, 15) is 4.79 Å². The Morgan fingerprint density at radius 2 is 1.81 bits per heavy atom. The molecule has 0 spiro atoms. The first-order valence-electron chi connectivity index (χ1n) is 7.69. The average molecular weight is 279 g/mol. The normalized spacial score (nSPS) is 16.7. The third-order valence-corrected chi connectivity index (χ3v) is 4.32. The van der Waals surface area contributed by atoms with Crippen molar-refractivity contribution in [3.05, 3.63) is 54.1 Å². The molecule has 0 bridgehead atoms. The van der Waals surface area contributed by atoms with Gasteiger partial charge < -0.3 is 4.90 Å². The van der Waals surface area contributed by atoms with E-state index < -0.39 is 0 Å². The van der Waals surface area contributed by atoms with Crippen molar-refractivity contribution in [2.24, 2.45) is 5.92 Å². The Morgan fingerprint density at radius 3 is 2.62 bits per heavy atom. The van der Waals surface area contributed by atoms with Crippen molar-refractivity contribution in [2.45, 2.75) is 19.8 Å². The quantitative estimate of drug-likeness (QED) is 0.757. The van der Waals surface area contributed by atoms with Crippen LogP contribution < -0.4 is 0 Å². The van der Waals surface area contributed by atoms with Crippen LogP contribution in [-0.2, 0) is 4.79 Å². The zero-order valence-corrected chi connectivity index (χ0v) is 12.5. The maximum Gasteiger partial charge on any atom is 0.246 e. The fourth-order valence-corrected chi connectivity index (χ4v) is 2.89. The number of hydrogen-bond donors (Lipinski definition) is 0. The Morgan fingerprint density at radius 1 is 1.10 bits per heavy atom. The Balaban J connectivity index is 1.77. The van der Waals surface area contributed by atoms with Gasteiger partial charge in [0.25, 0.3) is 0 Å². The summed E-state index contributed by atoms with van der Waals surface area (Å²) in [6, 6.07) is 14.5. The molecule has 1 heterocycles. The molecule has 0 unspecified atom stereocenters. The molecular weight excluding hydrogens is 258 g/mol. The number of likely N-dealkylation sites (tertiary alicyclic amines) is 1. The van der Waals surface area contributed by atoms with E-state index in [1.54, 1.807) is 6.08 Å². The first-order chi connectivity index (χ1) is 10.2. The molecule has 2 nitrogen and oxygen atoms in total. The van der Waals surface area contributed by atoms with E-state index in [1.165, 1.54) is 10.8 Å². The zero-order valence-electron chi connectivity index (χ0n) is 12.5. The topological polar surface area (TPSA) is 20.3 Å². The van der Waals surface area contributed by atoms with Crippen molar-refractivity contribution in [3.8, 4) is 0 Å². The summed E-state index contributed by atoms with van der Waals surface area (Å²) in [7, 11) is 0. The van der Waals surface area contributed by atoms with Gasteiger partial charge in [0.05, 0.1) is 0 Å². The van der Waals surface area contributed by atoms with Gasteiger partial charge in [0.15, 0.2) is 0 Å². The minimum Gasteiger partial charge on any atom is -0.339 e. The van der Waals surface area contributed by atoms with Crippen LogP contribution in [0.15, 0.2) is 48.5 Å². The molecule has 1 aliphatic rings. The van der Waals surface area contributed by atoms with Crippen LogP contribution in [0.3, 0.4) is 0 Å². The van der Waals surface area contributed by atoms with Gasteiger partial charge in [-0.25, -0.2) is 0 Å². The third-order valence-electron chi connectivity index (χ3n) is 4.32. The van der Waals surface area contributed by atoms with E-state index >= 15 is 0 Å². The van der Waals surface area contributed by atoms with E-state index in [4.69, 9.17) is 0 Å². The van der Waals surface area contributed by atoms with E-state index in [0.717, 1.165) is 37.4 Å². The van der Waals surface area contributed by atoms with Crippen LogP contribution in [0.5, 0.6) is 0 Å². The minimum atomic E-state index is 0.134. The van der Waals surface area contributed by atoms with Gasteiger partial charge in [-0.05, 0) is 41.2 Å². The van der Waals surface area contributed by atoms with Crippen molar-refractivity contribution in [1.29, 1.82) is 0 Å². The monoisotopic (exact) mass is 279 g/mol. The number of fused-ring (bicyclic) bond motifs is 1. The molecule has 0 atom stereocenters. The summed E-state index contributed by atoms with van der Waals surface area (Å²) in [4.78, 5) is 14.2. The van der Waals surface area contributed by atoms with Gasteiger partial charge in [0.2, 0.25) is 5.91 Å². The second-order valence-electron chi connectivity index (χ2n) is 5.91. The van der Waals surface area contributed by atoms with Crippen LogP contribution in [0.25, 0.3) is 16.8 Å². The molecule has 1 fully saturated rings. The fourth-order valence-electron chi connectivity index (χ4n) is 2.89. The molecule has 2 heteroatoms. The van der Waals surface area contributed by atoms with Crippen molar-refractivity contribution in [2.75, 3.05) is 13.1 Å². The van der Waals surface area contributed by atoms with Gasteiger partial charge in [-0.2, -0.15) is 0 Å². The number of carbonyl (C=O) groups is 1. The number of amides is 1. The molecule has 21 heavy (non-hydrogen) atoms. The van der Waals surface area contributed by atoms with Crippen LogP contribution in [-0.4, -0.2) is 23.9 Å². The minimum absolute atomic E-state index is 0.134. The molecule has 1 aliphatic heterocycles. The number of benzene rings is 2. The van der Waals surface area contributed by atoms with Crippen molar-refractivity contribution < 1.29 is 4.79 Å². The van der Waals surface area contributed by atoms with Gasteiger partial charge >= 0.3 is 0 Å². The zero-order chi connectivity index (χ0) is 14.7. The summed E-state index contributed by atoms with van der Waals surface area (Å²) < 4.78 is 0. The summed E-state index contributed by atoms with van der Waals surface area (Å²) in [5, 5.41) is 2.40. The SMILES string of the molecule is CC1CCN(C(=O)C=Cc2cccc3ccccc23)CC1. The maximum atomic E-state index is 12.3. The van der Waals surface area contributed by atoms with Gasteiger partial charge in [-0.3, -0.25) is 4.79 Å². The number of hydrogen-bond acceptors (Lipinski definition) is 1. The second kappa shape index (κ2) is 6.13. The number of rotatable bonds is 2. The molecule has 2 aromatic rings. The lowest BCUT2D eigenvalue weighted by atomic mass is 9.99. The molecule has 0 N–H and O–H groups in total. The summed E-state index contributed by atoms with van der Waals surface area (Å²) in [5.74, 6) is 0.880. The van der Waals surface area contributed by atoms with Gasteiger partial charge in [0, 0.05) is 19.2 Å². The van der Waals surface area contributed by atoms with E-state index in [0.29, 0.717) is 0 Å². The molecule has 1 saturated heterocycles. The summed E-state index contributed by atoms with van der Waals surface area (Å²) in [5.41, 5.74) is 1.10. The Labute approximate surface area is 126 Å². The summed E-state index contributed by atoms with van der Waals surface area (Å²) in [6.45, 7) is 4.04. The molecule has 3 rings (SSSR count). The highest BCUT2D eigenvalue weighted by Crippen LogP contribution is 2.20. The van der Waals surface area contributed by atoms with Gasteiger partial charge in [-0.15, -0.1) is 0 Å². The lowest BCUT2D eigenvalue weighted by Crippen LogP contribution is -2.36. The average Bonchev–Trinajstić information content (AvgIpc) is 2.53. The Kier molecular flexibility index (Phi) is 4.05. The van der Waals surface area contributed by atoms with Crippen LogP contribution >= 0.6 is 0 Å². The maximum absolute atomic E-state index is 12.3. The van der Waals surface area contributed by atoms with Crippen LogP contribution in [0, 0.1) is 5.92 Å². The summed E-state index contributed by atoms with van der Waals surface area (Å²) in [6.07, 6.45) is 5.90. The van der Waals surface area contributed by atoms with Crippen LogP contribution in [0.4, 0.5) is 0 Å². The Hall–Kier alpha value is -2.09. The number of piperidine rings is 1. The third kappa shape index (κ3) is 3.15. The first kappa shape index (κ1) is 13.9. The van der Waals surface area contributed by atoms with Crippen LogP contribution in [0.2, 0.25) is 0 Å². The van der Waals surface area contributed by atoms with Gasteiger partial charge in [0.1, 0.15) is 0 Å². The fraction of sp³-hybridized carbons (Fsp3) is 0.316. The smallest absolute Gasteiger partial charge is 0.246 e. The highest BCUT2D eigenvalue weighted by molar-refractivity contribution is 5.96. The predicted octanol–water partition coefficient (Wildman–Crippen LogP) is 4.11. The lowest BCUT2D eigenvalue weighted by Gasteiger charge is -2.29. The number of carbonyl (C=O) groups excluding carboxylic acids is 1. The standard InChI is InChI=1S/C19H21NO/c1-15-11-13-20(14-12-15)19(21)10-9-17-7-4-6-16-5-2-3-8-18(16)17/h2-10,15H,11-14H2,1H3. The van der Waals surface area contributed by atoms with E-state index in [-0.39, 0.29) is 5.91 Å². The molecule has 0 radical (unpaired) electrons. The molecule has 0 saturated carbocycles. The molecule has 108 valence electrons.